The van der Waals surface area contributed by atoms with Crippen LogP contribution in [-0.4, -0.2) is 28.4 Å². The van der Waals surface area contributed by atoms with E-state index in [1.54, 1.807) is 6.92 Å². The molecule has 0 radical (unpaired) electrons. The molecule has 2 rings (SSSR count). The molecule has 27 heavy (non-hydrogen) atoms. The third-order valence-electron chi connectivity index (χ3n) is 3.29. The van der Waals surface area contributed by atoms with Gasteiger partial charge in [0.15, 0.2) is 5.69 Å². The quantitative estimate of drug-likeness (QED) is 0.788. The first-order valence-corrected chi connectivity index (χ1v) is 7.65. The van der Waals surface area contributed by atoms with Crippen LogP contribution < -0.4 is 16.3 Å². The van der Waals surface area contributed by atoms with Crippen LogP contribution in [0, 0.1) is 6.92 Å². The summed E-state index contributed by atoms with van der Waals surface area (Å²) >= 11 is 0. The van der Waals surface area contributed by atoms with E-state index in [1.807, 2.05) is 10.9 Å². The average Bonchev–Trinajstić information content (AvgIpc) is 2.59. The average molecular weight is 384 g/mol. The van der Waals surface area contributed by atoms with Gasteiger partial charge in [-0.05, 0) is 32.0 Å². The third kappa shape index (κ3) is 4.84. The predicted molar refractivity (Wildman–Crippen MR) is 87.2 cm³/mol. The van der Waals surface area contributed by atoms with Crippen molar-refractivity contribution in [2.45, 2.75) is 20.0 Å². The van der Waals surface area contributed by atoms with E-state index >= 15 is 0 Å². The summed E-state index contributed by atoms with van der Waals surface area (Å²) in [5, 5.41) is 3.82. The molecule has 144 valence electrons. The van der Waals surface area contributed by atoms with Crippen LogP contribution in [0.3, 0.4) is 0 Å². The van der Waals surface area contributed by atoms with Crippen LogP contribution in [0.15, 0.2) is 35.1 Å². The minimum absolute atomic E-state index is 0.00901. The zero-order chi connectivity index (χ0) is 20.2. The van der Waals surface area contributed by atoms with Crippen molar-refractivity contribution in [3.8, 4) is 5.69 Å². The van der Waals surface area contributed by atoms with Crippen molar-refractivity contribution in [2.24, 2.45) is 0 Å². The van der Waals surface area contributed by atoms with E-state index in [4.69, 9.17) is 0 Å². The molecule has 0 saturated carbocycles. The molecule has 0 bridgehead atoms. The summed E-state index contributed by atoms with van der Waals surface area (Å²) in [7, 11) is 0. The second-order valence-electron chi connectivity index (χ2n) is 5.26. The lowest BCUT2D eigenvalue weighted by molar-refractivity contribution is -0.137. The number of halogens is 3. The fourth-order valence-corrected chi connectivity index (χ4v) is 2.11. The first-order valence-electron chi connectivity index (χ1n) is 7.65. The van der Waals surface area contributed by atoms with E-state index in [-0.39, 0.29) is 18.0 Å². The van der Waals surface area contributed by atoms with Crippen LogP contribution in [0.25, 0.3) is 5.69 Å². The summed E-state index contributed by atoms with van der Waals surface area (Å²) < 4.78 is 44.3. The lowest BCUT2D eigenvalue weighted by Gasteiger charge is -2.13. The number of rotatable bonds is 3. The van der Waals surface area contributed by atoms with Gasteiger partial charge in [-0.1, -0.05) is 6.07 Å². The van der Waals surface area contributed by atoms with E-state index in [2.05, 4.69) is 9.84 Å². The Morgan fingerprint density at radius 1 is 1.22 bits per heavy atom. The van der Waals surface area contributed by atoms with E-state index in [1.165, 1.54) is 19.1 Å². The molecule has 2 aromatic rings. The number of carbonyl (C=O) groups excluding carboxylic acids is 2. The number of ether oxygens (including phenoxy) is 1. The molecular formula is C16H15F3N4O4. The summed E-state index contributed by atoms with van der Waals surface area (Å²) in [5.41, 5.74) is 1.79. The summed E-state index contributed by atoms with van der Waals surface area (Å²) in [6.07, 6.45) is -5.51. The highest BCUT2D eigenvalue weighted by Crippen LogP contribution is 2.30. The number of aromatic nitrogens is 2. The summed E-state index contributed by atoms with van der Waals surface area (Å²) in [4.78, 5) is 35.2. The van der Waals surface area contributed by atoms with Crippen molar-refractivity contribution in [3.63, 3.8) is 0 Å². The summed E-state index contributed by atoms with van der Waals surface area (Å²) in [5.74, 6) is -1.05. The van der Waals surface area contributed by atoms with Crippen molar-refractivity contribution in [1.29, 1.82) is 0 Å². The molecule has 2 N–H and O–H groups in total. The van der Waals surface area contributed by atoms with Crippen LogP contribution >= 0.6 is 0 Å². The van der Waals surface area contributed by atoms with Crippen molar-refractivity contribution >= 4 is 12.0 Å². The molecule has 0 saturated heterocycles. The molecule has 8 nitrogen and oxygen atoms in total. The number of amides is 2. The number of carbonyl (C=O) groups is 2. The Hall–Kier alpha value is -3.37. The monoisotopic (exact) mass is 384 g/mol. The van der Waals surface area contributed by atoms with Crippen LogP contribution in [0.2, 0.25) is 0 Å². The predicted octanol–water partition coefficient (Wildman–Crippen LogP) is 1.95. The SMILES string of the molecule is CCOC(=O)NNC(=O)c1nn(-c2cccc(C(F)(F)F)c2)c(C)cc1=O. The smallest absolute Gasteiger partial charge is 0.426 e. The van der Waals surface area contributed by atoms with Crippen molar-refractivity contribution in [1.82, 2.24) is 20.6 Å². The summed E-state index contributed by atoms with van der Waals surface area (Å²) in [6.45, 7) is 3.07. The standard InChI is InChI=1S/C16H15F3N4O4/c1-3-27-15(26)21-20-14(25)13-12(24)7-9(2)23(22-13)11-6-4-5-10(8-11)16(17,18)19/h4-8H,3H2,1-2H3,(H,20,25)(H,21,26). The maximum absolute atomic E-state index is 12.9. The Balaban J connectivity index is 2.38. The Kier molecular flexibility index (Phi) is 5.83. The van der Waals surface area contributed by atoms with Crippen molar-refractivity contribution in [2.75, 3.05) is 6.61 Å². The molecule has 0 atom stereocenters. The van der Waals surface area contributed by atoms with Crippen molar-refractivity contribution < 1.29 is 27.5 Å². The number of nitrogens with zero attached hydrogens (tertiary/aromatic N) is 2. The molecule has 0 fully saturated rings. The maximum atomic E-state index is 12.9. The van der Waals surface area contributed by atoms with Crippen LogP contribution in [-0.2, 0) is 10.9 Å². The first-order chi connectivity index (χ1) is 12.6. The molecule has 0 aliphatic rings. The van der Waals surface area contributed by atoms with Gasteiger partial charge in [-0.3, -0.25) is 15.0 Å². The zero-order valence-electron chi connectivity index (χ0n) is 14.3. The van der Waals surface area contributed by atoms with Gasteiger partial charge in [0.25, 0.3) is 5.91 Å². The highest BCUT2D eigenvalue weighted by Gasteiger charge is 2.30. The van der Waals surface area contributed by atoms with Gasteiger partial charge < -0.3 is 4.74 Å². The van der Waals surface area contributed by atoms with Gasteiger partial charge in [-0.25, -0.2) is 14.9 Å². The van der Waals surface area contributed by atoms with E-state index in [9.17, 15) is 27.6 Å². The Labute approximate surface area is 150 Å². The number of hydrogen-bond donors (Lipinski definition) is 2. The molecule has 1 aromatic heterocycles. The van der Waals surface area contributed by atoms with Crippen LogP contribution in [0.1, 0.15) is 28.7 Å². The lowest BCUT2D eigenvalue weighted by atomic mass is 10.2. The molecule has 0 aliphatic carbocycles. The van der Waals surface area contributed by atoms with Gasteiger partial charge in [-0.2, -0.15) is 18.3 Å². The number of hydrogen-bond acceptors (Lipinski definition) is 5. The van der Waals surface area contributed by atoms with E-state index in [0.717, 1.165) is 22.9 Å². The maximum Gasteiger partial charge on any atom is 0.426 e. The van der Waals surface area contributed by atoms with Crippen LogP contribution in [0.4, 0.5) is 18.0 Å². The second kappa shape index (κ2) is 7.89. The van der Waals surface area contributed by atoms with Gasteiger partial charge in [0.2, 0.25) is 5.43 Å². The fourth-order valence-electron chi connectivity index (χ4n) is 2.11. The number of hydrazine groups is 1. The molecule has 1 aromatic carbocycles. The Morgan fingerprint density at radius 2 is 1.93 bits per heavy atom. The zero-order valence-corrected chi connectivity index (χ0v) is 14.3. The normalized spacial score (nSPS) is 11.0. The lowest BCUT2D eigenvalue weighted by Crippen LogP contribution is -2.44. The van der Waals surface area contributed by atoms with Gasteiger partial charge in [0.05, 0.1) is 17.9 Å². The Morgan fingerprint density at radius 3 is 2.56 bits per heavy atom. The number of aryl methyl sites for hydroxylation is 1. The van der Waals surface area contributed by atoms with E-state index < -0.39 is 34.9 Å². The van der Waals surface area contributed by atoms with Gasteiger partial charge >= 0.3 is 12.3 Å². The fraction of sp³-hybridized carbons (Fsp3) is 0.250. The number of alkyl halides is 3. The van der Waals surface area contributed by atoms with Gasteiger partial charge in [0.1, 0.15) is 0 Å². The Bertz CT molecular complexity index is 925. The molecule has 0 spiro atoms. The largest absolute Gasteiger partial charge is 0.449 e. The molecule has 2 amide bonds. The topological polar surface area (TPSA) is 102 Å². The minimum Gasteiger partial charge on any atom is -0.449 e. The van der Waals surface area contributed by atoms with Crippen LogP contribution in [0.5, 0.6) is 0 Å². The number of benzene rings is 1. The highest BCUT2D eigenvalue weighted by atomic mass is 19.4. The molecular weight excluding hydrogens is 369 g/mol. The third-order valence-corrected chi connectivity index (χ3v) is 3.29. The molecule has 11 heteroatoms. The minimum atomic E-state index is -4.56. The van der Waals surface area contributed by atoms with E-state index in [0.29, 0.717) is 0 Å². The second-order valence-corrected chi connectivity index (χ2v) is 5.26. The molecule has 1 heterocycles. The van der Waals surface area contributed by atoms with Crippen molar-refractivity contribution in [3.05, 3.63) is 57.5 Å². The highest BCUT2D eigenvalue weighted by molar-refractivity contribution is 5.92. The summed E-state index contributed by atoms with van der Waals surface area (Å²) in [6, 6.07) is 5.30. The molecule has 0 aliphatic heterocycles. The number of nitrogens with one attached hydrogen (secondary N) is 2. The first kappa shape index (κ1) is 19.9. The van der Waals surface area contributed by atoms with Gasteiger partial charge in [0, 0.05) is 11.8 Å². The van der Waals surface area contributed by atoms with Gasteiger partial charge in [-0.15, -0.1) is 0 Å². The molecule has 0 unspecified atom stereocenters.